The van der Waals surface area contributed by atoms with Crippen molar-refractivity contribution < 1.29 is 9.18 Å². The minimum absolute atomic E-state index is 0.134. The van der Waals surface area contributed by atoms with E-state index in [1.165, 1.54) is 17.0 Å². The minimum atomic E-state index is -0.283. The smallest absolute Gasteiger partial charge is 0.317 e. The highest BCUT2D eigenvalue weighted by molar-refractivity contribution is 7.10. The summed E-state index contributed by atoms with van der Waals surface area (Å²) in [6.45, 7) is 3.41. The number of hydrogen-bond acceptors (Lipinski definition) is 3. The van der Waals surface area contributed by atoms with Crippen molar-refractivity contribution in [3.8, 4) is 0 Å². The van der Waals surface area contributed by atoms with Crippen molar-refractivity contribution >= 4 is 17.4 Å². The first-order valence-electron chi connectivity index (χ1n) is 7.98. The summed E-state index contributed by atoms with van der Waals surface area (Å²) in [7, 11) is 4.00. The van der Waals surface area contributed by atoms with E-state index in [2.05, 4.69) is 16.3 Å². The van der Waals surface area contributed by atoms with Crippen molar-refractivity contribution in [3.05, 3.63) is 58.0 Å². The van der Waals surface area contributed by atoms with Crippen LogP contribution in [-0.2, 0) is 6.54 Å². The Morgan fingerprint density at radius 2 is 2.08 bits per heavy atom. The van der Waals surface area contributed by atoms with Crippen LogP contribution in [0.2, 0.25) is 0 Å². The molecule has 1 atom stereocenters. The van der Waals surface area contributed by atoms with Crippen LogP contribution in [-0.4, -0.2) is 43.0 Å². The van der Waals surface area contributed by atoms with Crippen molar-refractivity contribution in [1.29, 1.82) is 0 Å². The molecule has 0 radical (unpaired) electrons. The Bertz CT molecular complexity index is 645. The van der Waals surface area contributed by atoms with Crippen LogP contribution in [0.1, 0.15) is 23.4 Å². The molecule has 0 spiro atoms. The number of benzene rings is 1. The van der Waals surface area contributed by atoms with E-state index < -0.39 is 0 Å². The summed E-state index contributed by atoms with van der Waals surface area (Å²) in [5.74, 6) is -0.283. The highest BCUT2D eigenvalue weighted by Crippen LogP contribution is 2.22. The van der Waals surface area contributed by atoms with Gasteiger partial charge in [-0.15, -0.1) is 11.3 Å². The lowest BCUT2D eigenvalue weighted by Gasteiger charge is -2.26. The van der Waals surface area contributed by atoms with Gasteiger partial charge in [0.1, 0.15) is 5.82 Å². The molecule has 1 unspecified atom stereocenters. The van der Waals surface area contributed by atoms with Crippen LogP contribution in [0.4, 0.5) is 9.18 Å². The van der Waals surface area contributed by atoms with Gasteiger partial charge in [-0.2, -0.15) is 0 Å². The van der Waals surface area contributed by atoms with E-state index in [1.54, 1.807) is 22.3 Å². The van der Waals surface area contributed by atoms with E-state index in [4.69, 9.17) is 0 Å². The standard InChI is InChI=1S/C18H24FN3OS/c1-4-22(13-14-7-5-8-15(19)11-14)18(23)20-12-16(21(2)3)17-9-6-10-24-17/h5-11,16H,4,12-13H2,1-3H3,(H,20,23). The summed E-state index contributed by atoms with van der Waals surface area (Å²) in [6, 6.07) is 10.5. The van der Waals surface area contributed by atoms with Crippen molar-refractivity contribution in [2.75, 3.05) is 27.2 Å². The first-order chi connectivity index (χ1) is 11.5. The highest BCUT2D eigenvalue weighted by Gasteiger charge is 2.18. The molecule has 1 aromatic heterocycles. The van der Waals surface area contributed by atoms with E-state index in [-0.39, 0.29) is 17.9 Å². The average Bonchev–Trinajstić information content (AvgIpc) is 3.06. The number of nitrogens with one attached hydrogen (secondary N) is 1. The zero-order chi connectivity index (χ0) is 17.5. The normalized spacial score (nSPS) is 12.2. The fourth-order valence-corrected chi connectivity index (χ4v) is 3.42. The molecule has 0 bridgehead atoms. The van der Waals surface area contributed by atoms with Crippen molar-refractivity contribution in [1.82, 2.24) is 15.1 Å². The number of halogens is 1. The van der Waals surface area contributed by atoms with Gasteiger partial charge in [-0.25, -0.2) is 9.18 Å². The Hall–Kier alpha value is -1.92. The van der Waals surface area contributed by atoms with E-state index in [9.17, 15) is 9.18 Å². The predicted molar refractivity (Wildman–Crippen MR) is 96.6 cm³/mol. The number of likely N-dealkylation sites (N-methyl/N-ethyl adjacent to an activating group) is 1. The van der Waals surface area contributed by atoms with Gasteiger partial charge >= 0.3 is 6.03 Å². The van der Waals surface area contributed by atoms with Crippen LogP contribution < -0.4 is 5.32 Å². The minimum Gasteiger partial charge on any atom is -0.336 e. The molecule has 0 saturated carbocycles. The first kappa shape index (κ1) is 18.4. The maximum atomic E-state index is 13.3. The number of urea groups is 1. The van der Waals surface area contributed by atoms with Crippen LogP contribution in [0.15, 0.2) is 41.8 Å². The van der Waals surface area contributed by atoms with Gasteiger partial charge in [0, 0.05) is 24.5 Å². The SMILES string of the molecule is CCN(Cc1cccc(F)c1)C(=O)NCC(c1cccs1)N(C)C. The summed E-state index contributed by atoms with van der Waals surface area (Å²) in [5.41, 5.74) is 0.786. The molecule has 0 aliphatic carbocycles. The molecular formula is C18H24FN3OS. The van der Waals surface area contributed by atoms with Gasteiger partial charge in [0.05, 0.1) is 6.04 Å². The summed E-state index contributed by atoms with van der Waals surface area (Å²) >= 11 is 1.68. The van der Waals surface area contributed by atoms with Crippen molar-refractivity contribution in [3.63, 3.8) is 0 Å². The number of carbonyl (C=O) groups excluding carboxylic acids is 1. The zero-order valence-corrected chi connectivity index (χ0v) is 15.1. The van der Waals surface area contributed by atoms with E-state index in [1.807, 2.05) is 38.5 Å². The molecule has 24 heavy (non-hydrogen) atoms. The number of thiophene rings is 1. The molecule has 0 aliphatic heterocycles. The molecule has 1 N–H and O–H groups in total. The van der Waals surface area contributed by atoms with Crippen molar-refractivity contribution in [2.24, 2.45) is 0 Å². The maximum Gasteiger partial charge on any atom is 0.317 e. The van der Waals surface area contributed by atoms with Crippen molar-refractivity contribution in [2.45, 2.75) is 19.5 Å². The van der Waals surface area contributed by atoms with Gasteiger partial charge in [0.2, 0.25) is 0 Å². The topological polar surface area (TPSA) is 35.6 Å². The Morgan fingerprint density at radius 1 is 1.29 bits per heavy atom. The van der Waals surface area contributed by atoms with E-state index >= 15 is 0 Å². The molecule has 6 heteroatoms. The summed E-state index contributed by atoms with van der Waals surface area (Å²) < 4.78 is 13.3. The largest absolute Gasteiger partial charge is 0.336 e. The lowest BCUT2D eigenvalue weighted by atomic mass is 10.2. The Kier molecular flexibility index (Phi) is 6.75. The second-order valence-corrected chi connectivity index (χ2v) is 6.80. The Morgan fingerprint density at radius 3 is 2.67 bits per heavy atom. The zero-order valence-electron chi connectivity index (χ0n) is 14.3. The molecule has 2 aromatic rings. The number of rotatable bonds is 7. The van der Waals surface area contributed by atoms with Gasteiger partial charge in [0.15, 0.2) is 0 Å². The summed E-state index contributed by atoms with van der Waals surface area (Å²) in [5, 5.41) is 5.03. The Labute approximate surface area is 146 Å². The van der Waals surface area contributed by atoms with E-state index in [0.29, 0.717) is 19.6 Å². The molecule has 2 amide bonds. The maximum absolute atomic E-state index is 13.3. The molecule has 130 valence electrons. The summed E-state index contributed by atoms with van der Waals surface area (Å²) in [4.78, 5) is 17.5. The number of nitrogens with zero attached hydrogens (tertiary/aromatic N) is 2. The molecule has 1 aromatic carbocycles. The molecular weight excluding hydrogens is 325 g/mol. The molecule has 0 aliphatic rings. The van der Waals surface area contributed by atoms with Gasteiger partial charge < -0.3 is 15.1 Å². The second-order valence-electron chi connectivity index (χ2n) is 5.82. The van der Waals surface area contributed by atoms with Crippen LogP contribution in [0.25, 0.3) is 0 Å². The highest BCUT2D eigenvalue weighted by atomic mass is 32.1. The lowest BCUT2D eigenvalue weighted by Crippen LogP contribution is -2.42. The predicted octanol–water partition coefficient (Wildman–Crippen LogP) is 3.72. The number of hydrogen-bond donors (Lipinski definition) is 1. The molecule has 1 heterocycles. The second kappa shape index (κ2) is 8.80. The third-order valence-electron chi connectivity index (χ3n) is 3.87. The van der Waals surface area contributed by atoms with Gasteiger partial charge in [-0.05, 0) is 50.2 Å². The van der Waals surface area contributed by atoms with Gasteiger partial charge in [-0.1, -0.05) is 18.2 Å². The molecule has 2 rings (SSSR count). The molecule has 0 saturated heterocycles. The van der Waals surface area contributed by atoms with Crippen LogP contribution >= 0.6 is 11.3 Å². The van der Waals surface area contributed by atoms with Crippen LogP contribution in [0.5, 0.6) is 0 Å². The average molecular weight is 349 g/mol. The molecule has 4 nitrogen and oxygen atoms in total. The third-order valence-corrected chi connectivity index (χ3v) is 4.85. The van der Waals surface area contributed by atoms with E-state index in [0.717, 1.165) is 5.56 Å². The fraction of sp³-hybridized carbons (Fsp3) is 0.389. The number of carbonyl (C=O) groups is 1. The fourth-order valence-electron chi connectivity index (χ4n) is 2.50. The Balaban J connectivity index is 1.96. The summed E-state index contributed by atoms with van der Waals surface area (Å²) in [6.07, 6.45) is 0. The number of amides is 2. The third kappa shape index (κ3) is 5.04. The lowest BCUT2D eigenvalue weighted by molar-refractivity contribution is 0.192. The monoisotopic (exact) mass is 349 g/mol. The van der Waals surface area contributed by atoms with Crippen LogP contribution in [0, 0.1) is 5.82 Å². The van der Waals surface area contributed by atoms with Crippen LogP contribution in [0.3, 0.4) is 0 Å². The quantitative estimate of drug-likeness (QED) is 0.827. The molecule has 0 fully saturated rings. The van der Waals surface area contributed by atoms with Gasteiger partial charge in [-0.3, -0.25) is 0 Å². The first-order valence-corrected chi connectivity index (χ1v) is 8.86. The van der Waals surface area contributed by atoms with Gasteiger partial charge in [0.25, 0.3) is 0 Å².